The topological polar surface area (TPSA) is 71.0 Å². The van der Waals surface area contributed by atoms with Crippen molar-refractivity contribution < 1.29 is 9.47 Å². The van der Waals surface area contributed by atoms with Gasteiger partial charge in [-0.2, -0.15) is 0 Å². The Kier molecular flexibility index (Phi) is 8.26. The number of benzene rings is 1. The first-order valence-corrected chi connectivity index (χ1v) is 10.4. The molecule has 1 saturated heterocycles. The highest BCUT2D eigenvalue weighted by molar-refractivity contribution is 14.0. The largest absolute Gasteiger partial charge is 0.454 e. The zero-order valence-corrected chi connectivity index (χ0v) is 20.0. The van der Waals surface area contributed by atoms with Gasteiger partial charge in [0.2, 0.25) is 6.79 Å². The number of aliphatic imine (C=N–C) groups is 1. The molecule has 2 aliphatic heterocycles. The summed E-state index contributed by atoms with van der Waals surface area (Å²) in [6.07, 6.45) is 3.64. The number of hydrogen-bond acceptors (Lipinski definition) is 5. The van der Waals surface area contributed by atoms with Gasteiger partial charge in [0.25, 0.3) is 0 Å². The molecule has 4 rings (SSSR count). The van der Waals surface area contributed by atoms with Crippen molar-refractivity contribution in [2.24, 2.45) is 4.99 Å². The lowest BCUT2D eigenvalue weighted by Gasteiger charge is -2.20. The zero-order valence-electron chi connectivity index (χ0n) is 16.9. The summed E-state index contributed by atoms with van der Waals surface area (Å²) < 4.78 is 10.8. The Morgan fingerprint density at radius 1 is 1.30 bits per heavy atom. The van der Waals surface area contributed by atoms with Gasteiger partial charge in [-0.3, -0.25) is 4.99 Å². The van der Waals surface area contributed by atoms with E-state index >= 15 is 0 Å². The molecule has 0 amide bonds. The number of hydrogen-bond donors (Lipinski definition) is 2. The Balaban J connectivity index is 0.00000256. The van der Waals surface area contributed by atoms with Gasteiger partial charge >= 0.3 is 0 Å². The van der Waals surface area contributed by atoms with Crippen LogP contribution in [0, 0.1) is 0 Å². The van der Waals surface area contributed by atoms with Crippen molar-refractivity contribution in [1.29, 1.82) is 0 Å². The first-order valence-electron chi connectivity index (χ1n) is 10.0. The molecule has 0 aliphatic carbocycles. The number of fused-ring (bicyclic) bond motifs is 1. The lowest BCUT2D eigenvalue weighted by atomic mass is 10.1. The fraction of sp³-hybridized carbons (Fsp3) is 0.429. The predicted molar refractivity (Wildman–Crippen MR) is 131 cm³/mol. The normalized spacial score (nSPS) is 17.6. The summed E-state index contributed by atoms with van der Waals surface area (Å²) >= 11 is 6.29. The first kappa shape index (κ1) is 22.7. The summed E-state index contributed by atoms with van der Waals surface area (Å²) in [5, 5.41) is 7.58. The van der Waals surface area contributed by atoms with Crippen molar-refractivity contribution in [2.45, 2.75) is 25.8 Å². The Bertz CT molecular complexity index is 882. The molecule has 1 atom stereocenters. The van der Waals surface area contributed by atoms with Gasteiger partial charge < -0.3 is 25.0 Å². The standard InChI is InChI=1S/C21H26ClN5O2.HI/c1-2-23-21(25-10-7-15-5-6-18-19(12-15)29-14-28-18)26-16-8-11-27(13-16)20-17(22)4-3-9-24-20;/h3-6,9,12,16H,2,7-8,10-11,13-14H2,1H3,(H2,23,25,26);1H. The third kappa shape index (κ3) is 5.60. The molecule has 3 heterocycles. The molecule has 30 heavy (non-hydrogen) atoms. The molecule has 0 bridgehead atoms. The number of guanidine groups is 1. The molecular formula is C21H27ClIN5O2. The molecule has 2 aliphatic rings. The van der Waals surface area contributed by atoms with Gasteiger partial charge in [-0.25, -0.2) is 4.98 Å². The molecular weight excluding hydrogens is 517 g/mol. The van der Waals surface area contributed by atoms with E-state index in [1.165, 1.54) is 5.56 Å². The maximum Gasteiger partial charge on any atom is 0.231 e. The first-order chi connectivity index (χ1) is 14.2. The lowest BCUT2D eigenvalue weighted by Crippen LogP contribution is -2.44. The molecule has 7 nitrogen and oxygen atoms in total. The number of rotatable bonds is 6. The lowest BCUT2D eigenvalue weighted by molar-refractivity contribution is 0.174. The summed E-state index contributed by atoms with van der Waals surface area (Å²) in [6.45, 7) is 5.65. The fourth-order valence-corrected chi connectivity index (χ4v) is 3.83. The van der Waals surface area contributed by atoms with Crippen LogP contribution in [0.5, 0.6) is 11.5 Å². The molecule has 2 aromatic rings. The Labute approximate surface area is 199 Å². The van der Waals surface area contributed by atoms with Gasteiger partial charge in [-0.05, 0) is 49.6 Å². The van der Waals surface area contributed by atoms with Crippen molar-refractivity contribution in [3.8, 4) is 11.5 Å². The van der Waals surface area contributed by atoms with E-state index in [0.717, 1.165) is 55.8 Å². The molecule has 2 N–H and O–H groups in total. The average molecular weight is 544 g/mol. The summed E-state index contributed by atoms with van der Waals surface area (Å²) in [5.74, 6) is 3.32. The van der Waals surface area contributed by atoms with Crippen molar-refractivity contribution in [3.63, 3.8) is 0 Å². The molecule has 162 valence electrons. The Morgan fingerprint density at radius 2 is 2.17 bits per heavy atom. The minimum atomic E-state index is 0. The van der Waals surface area contributed by atoms with Crippen molar-refractivity contribution in [2.75, 3.05) is 37.9 Å². The zero-order chi connectivity index (χ0) is 20.1. The second kappa shape index (κ2) is 10.9. The molecule has 1 aromatic heterocycles. The van der Waals surface area contributed by atoms with Gasteiger partial charge in [0.1, 0.15) is 5.82 Å². The maximum atomic E-state index is 6.29. The van der Waals surface area contributed by atoms with E-state index in [-0.39, 0.29) is 24.0 Å². The van der Waals surface area contributed by atoms with Gasteiger partial charge in [0, 0.05) is 38.4 Å². The number of nitrogens with zero attached hydrogens (tertiary/aromatic N) is 3. The van der Waals surface area contributed by atoms with Gasteiger partial charge in [0.15, 0.2) is 17.5 Å². The van der Waals surface area contributed by atoms with Gasteiger partial charge in [-0.1, -0.05) is 17.7 Å². The monoisotopic (exact) mass is 543 g/mol. The van der Waals surface area contributed by atoms with E-state index in [0.29, 0.717) is 24.4 Å². The molecule has 0 radical (unpaired) electrons. The second-order valence-corrected chi connectivity index (χ2v) is 7.49. The van der Waals surface area contributed by atoms with Crippen LogP contribution in [0.3, 0.4) is 0 Å². The Hall–Kier alpha value is -1.94. The number of nitrogens with one attached hydrogen (secondary N) is 2. The highest BCUT2D eigenvalue weighted by Gasteiger charge is 2.25. The van der Waals surface area contributed by atoms with E-state index in [4.69, 9.17) is 26.1 Å². The van der Waals surface area contributed by atoms with Crippen LogP contribution in [0.4, 0.5) is 5.82 Å². The summed E-state index contributed by atoms with van der Waals surface area (Å²) in [6, 6.07) is 10.1. The van der Waals surface area contributed by atoms with E-state index in [9.17, 15) is 0 Å². The summed E-state index contributed by atoms with van der Waals surface area (Å²) in [4.78, 5) is 11.4. The van der Waals surface area contributed by atoms with Crippen LogP contribution in [0.2, 0.25) is 5.02 Å². The SMILES string of the molecule is CCNC(=NCCc1ccc2c(c1)OCO2)NC1CCN(c2ncccc2Cl)C1.I. The molecule has 0 saturated carbocycles. The molecule has 1 unspecified atom stereocenters. The third-order valence-corrected chi connectivity index (χ3v) is 5.31. The van der Waals surface area contributed by atoms with Crippen LogP contribution >= 0.6 is 35.6 Å². The van der Waals surface area contributed by atoms with Crippen molar-refractivity contribution in [1.82, 2.24) is 15.6 Å². The number of pyridine rings is 1. The molecule has 1 fully saturated rings. The van der Waals surface area contributed by atoms with E-state index in [2.05, 4.69) is 33.5 Å². The van der Waals surface area contributed by atoms with Crippen LogP contribution in [0.25, 0.3) is 0 Å². The number of ether oxygens (including phenoxy) is 2. The maximum absolute atomic E-state index is 6.29. The number of anilines is 1. The minimum Gasteiger partial charge on any atom is -0.454 e. The van der Waals surface area contributed by atoms with Gasteiger partial charge in [0.05, 0.1) is 5.02 Å². The van der Waals surface area contributed by atoms with Crippen LogP contribution in [0.1, 0.15) is 18.9 Å². The fourth-order valence-electron chi connectivity index (χ4n) is 3.59. The van der Waals surface area contributed by atoms with E-state index in [1.54, 1.807) is 6.20 Å². The number of halogens is 2. The Morgan fingerprint density at radius 3 is 3.00 bits per heavy atom. The quantitative estimate of drug-likeness (QED) is 0.330. The smallest absolute Gasteiger partial charge is 0.231 e. The van der Waals surface area contributed by atoms with Crippen LogP contribution in [-0.2, 0) is 6.42 Å². The van der Waals surface area contributed by atoms with Crippen LogP contribution in [-0.4, -0.2) is 50.0 Å². The number of aromatic nitrogens is 1. The molecule has 0 spiro atoms. The van der Waals surface area contributed by atoms with Crippen LogP contribution < -0.4 is 25.0 Å². The van der Waals surface area contributed by atoms with E-state index in [1.807, 2.05) is 24.3 Å². The van der Waals surface area contributed by atoms with Crippen molar-refractivity contribution >= 4 is 47.4 Å². The molecule has 1 aromatic carbocycles. The predicted octanol–water partition coefficient (Wildman–Crippen LogP) is 3.46. The van der Waals surface area contributed by atoms with Crippen molar-refractivity contribution in [3.05, 3.63) is 47.1 Å². The molecule has 9 heteroatoms. The van der Waals surface area contributed by atoms with Gasteiger partial charge in [-0.15, -0.1) is 24.0 Å². The highest BCUT2D eigenvalue weighted by atomic mass is 127. The third-order valence-electron chi connectivity index (χ3n) is 5.02. The average Bonchev–Trinajstić information content (AvgIpc) is 3.37. The summed E-state index contributed by atoms with van der Waals surface area (Å²) in [5.41, 5.74) is 1.19. The second-order valence-electron chi connectivity index (χ2n) is 7.08. The highest BCUT2D eigenvalue weighted by Crippen LogP contribution is 2.32. The summed E-state index contributed by atoms with van der Waals surface area (Å²) in [7, 11) is 0. The van der Waals surface area contributed by atoms with Crippen LogP contribution in [0.15, 0.2) is 41.5 Å². The van der Waals surface area contributed by atoms with E-state index < -0.39 is 0 Å². The minimum absolute atomic E-state index is 0.